The Kier molecular flexibility index (Phi) is 6.48. The number of carbonyl (C=O) groups excluding carboxylic acids is 1. The topological polar surface area (TPSA) is 98.1 Å². The second kappa shape index (κ2) is 9.65. The third kappa shape index (κ3) is 5.01. The van der Waals surface area contributed by atoms with Gasteiger partial charge in [-0.25, -0.2) is 14.4 Å². The molecule has 3 aromatic heterocycles. The van der Waals surface area contributed by atoms with Crippen molar-refractivity contribution >= 4 is 17.5 Å². The van der Waals surface area contributed by atoms with E-state index in [1.807, 2.05) is 37.4 Å². The molecule has 1 N–H and O–H groups in total. The Morgan fingerprint density at radius 1 is 1.12 bits per heavy atom. The molecule has 0 radical (unpaired) electrons. The van der Waals surface area contributed by atoms with Gasteiger partial charge in [-0.2, -0.15) is 0 Å². The summed E-state index contributed by atoms with van der Waals surface area (Å²) >= 11 is 0. The maximum Gasteiger partial charge on any atom is 0.259 e. The third-order valence-electron chi connectivity index (χ3n) is 4.95. The van der Waals surface area contributed by atoms with Crippen molar-refractivity contribution in [3.63, 3.8) is 0 Å². The predicted octanol–water partition coefficient (Wildman–Crippen LogP) is 4.57. The Labute approximate surface area is 196 Å². The van der Waals surface area contributed by atoms with E-state index in [4.69, 9.17) is 4.74 Å². The van der Waals surface area contributed by atoms with Crippen molar-refractivity contribution in [2.45, 2.75) is 19.9 Å². The second-order valence-corrected chi connectivity index (χ2v) is 8.01. The molecular weight excluding hydrogens is 437 g/mol. The van der Waals surface area contributed by atoms with Gasteiger partial charge in [0, 0.05) is 20.1 Å². The van der Waals surface area contributed by atoms with Crippen molar-refractivity contribution in [3.05, 3.63) is 72.4 Å². The van der Waals surface area contributed by atoms with E-state index in [0.717, 1.165) is 5.82 Å². The van der Waals surface area contributed by atoms with Crippen LogP contribution in [0, 0.1) is 5.82 Å². The van der Waals surface area contributed by atoms with Gasteiger partial charge in [0.05, 0.1) is 11.8 Å². The molecule has 3 heterocycles. The van der Waals surface area contributed by atoms with E-state index in [-0.39, 0.29) is 17.4 Å². The van der Waals surface area contributed by atoms with Gasteiger partial charge < -0.3 is 19.5 Å². The minimum atomic E-state index is -0.679. The highest BCUT2D eigenvalue weighted by molar-refractivity contribution is 6.04. The molecule has 10 heteroatoms. The average molecular weight is 462 g/mol. The van der Waals surface area contributed by atoms with Crippen LogP contribution in [0.1, 0.15) is 30.2 Å². The van der Waals surface area contributed by atoms with Gasteiger partial charge in [0.2, 0.25) is 0 Å². The first-order chi connectivity index (χ1) is 16.3. The number of benzene rings is 1. The Balaban J connectivity index is 1.53. The molecule has 0 spiro atoms. The zero-order chi connectivity index (χ0) is 24.2. The van der Waals surface area contributed by atoms with Crippen molar-refractivity contribution in [2.24, 2.45) is 0 Å². The van der Waals surface area contributed by atoms with Gasteiger partial charge in [0.25, 0.3) is 5.91 Å². The molecule has 174 valence electrons. The quantitative estimate of drug-likeness (QED) is 0.431. The van der Waals surface area contributed by atoms with Crippen LogP contribution in [-0.4, -0.2) is 44.7 Å². The fraction of sp³-hybridized carbons (Fsp3) is 0.208. The first kappa shape index (κ1) is 22.8. The molecule has 4 rings (SSSR count). The van der Waals surface area contributed by atoms with Crippen molar-refractivity contribution in [2.75, 3.05) is 24.3 Å². The maximum atomic E-state index is 14.5. The van der Waals surface area contributed by atoms with Crippen LogP contribution in [0.15, 0.2) is 61.1 Å². The normalized spacial score (nSPS) is 10.9. The van der Waals surface area contributed by atoms with E-state index in [1.54, 1.807) is 42.9 Å². The number of pyridine rings is 2. The van der Waals surface area contributed by atoms with Gasteiger partial charge in [-0.15, -0.1) is 10.2 Å². The number of aromatic nitrogens is 5. The van der Waals surface area contributed by atoms with Crippen LogP contribution in [-0.2, 0) is 0 Å². The summed E-state index contributed by atoms with van der Waals surface area (Å²) in [5, 5.41) is 10.7. The molecule has 9 nitrogen and oxygen atoms in total. The second-order valence-electron chi connectivity index (χ2n) is 8.01. The van der Waals surface area contributed by atoms with E-state index >= 15 is 0 Å². The summed E-state index contributed by atoms with van der Waals surface area (Å²) in [5.74, 6) is 1.04. The van der Waals surface area contributed by atoms with Gasteiger partial charge >= 0.3 is 0 Å². The highest BCUT2D eigenvalue weighted by Gasteiger charge is 2.16. The number of nitrogens with one attached hydrogen (secondary N) is 1. The standard InChI is InChI=1S/C24H24FN7O2/c1-15(2)32-14-27-30-23(32)20-6-5-7-21(28-20)29-24(33)18-12-16(8-10-19(18)25)34-17-9-11-22(26-13-17)31(3)4/h5-15H,1-4H3,(H,28,29,33). The van der Waals surface area contributed by atoms with Gasteiger partial charge in [-0.3, -0.25) is 4.79 Å². The third-order valence-corrected chi connectivity index (χ3v) is 4.95. The lowest BCUT2D eigenvalue weighted by molar-refractivity contribution is 0.102. The molecule has 1 aromatic carbocycles. The first-order valence-corrected chi connectivity index (χ1v) is 10.6. The molecule has 0 aliphatic carbocycles. The highest BCUT2D eigenvalue weighted by atomic mass is 19.1. The van der Waals surface area contributed by atoms with Crippen LogP contribution in [0.25, 0.3) is 11.5 Å². The molecule has 0 saturated heterocycles. The van der Waals surface area contributed by atoms with Gasteiger partial charge in [-0.1, -0.05) is 6.07 Å². The number of hydrogen-bond donors (Lipinski definition) is 1. The van der Waals surface area contributed by atoms with E-state index in [2.05, 4.69) is 25.5 Å². The van der Waals surface area contributed by atoms with Gasteiger partial charge in [-0.05, 0) is 56.3 Å². The lowest BCUT2D eigenvalue weighted by Gasteiger charge is -2.12. The maximum absolute atomic E-state index is 14.5. The Bertz CT molecular complexity index is 1300. The lowest BCUT2D eigenvalue weighted by atomic mass is 10.2. The Hall–Kier alpha value is -4.34. The molecule has 34 heavy (non-hydrogen) atoms. The van der Waals surface area contributed by atoms with Crippen molar-refractivity contribution in [1.29, 1.82) is 0 Å². The zero-order valence-electron chi connectivity index (χ0n) is 19.2. The molecule has 0 atom stereocenters. The van der Waals surface area contributed by atoms with E-state index < -0.39 is 11.7 Å². The molecule has 1 amide bonds. The number of nitrogens with zero attached hydrogens (tertiary/aromatic N) is 6. The predicted molar refractivity (Wildman–Crippen MR) is 127 cm³/mol. The molecule has 0 aliphatic rings. The van der Waals surface area contributed by atoms with E-state index in [0.29, 0.717) is 23.0 Å². The number of ether oxygens (including phenoxy) is 1. The van der Waals surface area contributed by atoms with Crippen LogP contribution < -0.4 is 15.0 Å². The zero-order valence-corrected chi connectivity index (χ0v) is 19.2. The molecule has 0 unspecified atom stereocenters. The highest BCUT2D eigenvalue weighted by Crippen LogP contribution is 2.25. The number of anilines is 2. The first-order valence-electron chi connectivity index (χ1n) is 10.6. The Morgan fingerprint density at radius 2 is 1.91 bits per heavy atom. The molecule has 0 bridgehead atoms. The molecule has 0 aliphatic heterocycles. The minimum absolute atomic E-state index is 0.135. The number of hydrogen-bond acceptors (Lipinski definition) is 7. The summed E-state index contributed by atoms with van der Waals surface area (Å²) in [6, 6.07) is 12.8. The number of carbonyl (C=O) groups is 1. The van der Waals surface area contributed by atoms with E-state index in [9.17, 15) is 9.18 Å². The Morgan fingerprint density at radius 3 is 2.62 bits per heavy atom. The summed E-state index contributed by atoms with van der Waals surface area (Å²) in [6.07, 6.45) is 3.18. The van der Waals surface area contributed by atoms with Crippen LogP contribution in [0.5, 0.6) is 11.5 Å². The summed E-state index contributed by atoms with van der Waals surface area (Å²) in [7, 11) is 3.77. The van der Waals surface area contributed by atoms with E-state index in [1.165, 1.54) is 18.2 Å². The van der Waals surface area contributed by atoms with Crippen LogP contribution in [0.3, 0.4) is 0 Å². The van der Waals surface area contributed by atoms with Gasteiger partial charge in [0.15, 0.2) is 5.82 Å². The summed E-state index contributed by atoms with van der Waals surface area (Å²) < 4.78 is 22.1. The van der Waals surface area contributed by atoms with Crippen molar-refractivity contribution < 1.29 is 13.9 Å². The van der Waals surface area contributed by atoms with Crippen molar-refractivity contribution in [3.8, 4) is 23.0 Å². The van der Waals surface area contributed by atoms with Gasteiger partial charge in [0.1, 0.15) is 41.0 Å². The molecular formula is C24H24FN7O2. The molecule has 0 fully saturated rings. The van der Waals surface area contributed by atoms with Crippen molar-refractivity contribution in [1.82, 2.24) is 24.7 Å². The molecule has 4 aromatic rings. The fourth-order valence-electron chi connectivity index (χ4n) is 3.19. The number of halogens is 1. The van der Waals surface area contributed by atoms with Crippen LogP contribution >= 0.6 is 0 Å². The monoisotopic (exact) mass is 461 g/mol. The molecule has 0 saturated carbocycles. The number of rotatable bonds is 7. The summed E-state index contributed by atoms with van der Waals surface area (Å²) in [4.78, 5) is 23.4. The van der Waals surface area contributed by atoms with Crippen LogP contribution in [0.2, 0.25) is 0 Å². The summed E-state index contributed by atoms with van der Waals surface area (Å²) in [5.41, 5.74) is 0.364. The van der Waals surface area contributed by atoms with Crippen LogP contribution in [0.4, 0.5) is 16.0 Å². The average Bonchev–Trinajstić information content (AvgIpc) is 3.31. The fourth-order valence-corrected chi connectivity index (χ4v) is 3.19. The smallest absolute Gasteiger partial charge is 0.259 e. The largest absolute Gasteiger partial charge is 0.456 e. The SMILES string of the molecule is CC(C)n1cnnc1-c1cccc(NC(=O)c2cc(Oc3ccc(N(C)C)nc3)ccc2F)n1. The minimum Gasteiger partial charge on any atom is -0.456 e. The number of amides is 1. The summed E-state index contributed by atoms with van der Waals surface area (Å²) in [6.45, 7) is 4.01. The lowest BCUT2D eigenvalue weighted by Crippen LogP contribution is -2.15.